The summed E-state index contributed by atoms with van der Waals surface area (Å²) in [6.07, 6.45) is 0.0150. The Bertz CT molecular complexity index is 126. The molecule has 0 aromatic rings. The Hall–Kier alpha value is -0.770. The van der Waals surface area contributed by atoms with Gasteiger partial charge in [0.15, 0.2) is 0 Å². The van der Waals surface area contributed by atoms with Crippen LogP contribution in [0, 0.1) is 0 Å². The maximum Gasteiger partial charge on any atom is 0.319 e. The summed E-state index contributed by atoms with van der Waals surface area (Å²) in [6.45, 7) is 0.574. The molecule has 2 N–H and O–H groups in total. The molecule has 1 atom stereocenters. The molecule has 52 valence electrons. The Morgan fingerprint density at radius 3 is 3.00 bits per heavy atom. The van der Waals surface area contributed by atoms with Crippen molar-refractivity contribution in [3.8, 4) is 0 Å². The normalized spacial score (nSPS) is 28.0. The van der Waals surface area contributed by atoms with Gasteiger partial charge >= 0.3 is 6.03 Å². The lowest BCUT2D eigenvalue weighted by Gasteiger charge is -2.28. The SMILES string of the molecule is CN1C(=O)NCCC1O. The van der Waals surface area contributed by atoms with E-state index in [0.29, 0.717) is 13.0 Å². The van der Waals surface area contributed by atoms with Crippen molar-refractivity contribution in [2.75, 3.05) is 13.6 Å². The highest BCUT2D eigenvalue weighted by Crippen LogP contribution is 2.01. The van der Waals surface area contributed by atoms with Crippen molar-refractivity contribution in [2.45, 2.75) is 12.6 Å². The molecule has 0 radical (unpaired) electrons. The highest BCUT2D eigenvalue weighted by Gasteiger charge is 2.20. The van der Waals surface area contributed by atoms with Crippen LogP contribution in [0.4, 0.5) is 4.79 Å². The van der Waals surface area contributed by atoms with Crippen molar-refractivity contribution in [3.63, 3.8) is 0 Å². The maximum atomic E-state index is 10.7. The summed E-state index contributed by atoms with van der Waals surface area (Å²) in [7, 11) is 1.57. The lowest BCUT2D eigenvalue weighted by Crippen LogP contribution is -2.50. The van der Waals surface area contributed by atoms with Gasteiger partial charge in [0.05, 0.1) is 0 Å². The summed E-state index contributed by atoms with van der Waals surface area (Å²) in [5.41, 5.74) is 0. The number of amides is 2. The van der Waals surface area contributed by atoms with Crippen molar-refractivity contribution in [3.05, 3.63) is 0 Å². The zero-order valence-corrected chi connectivity index (χ0v) is 5.29. The Labute approximate surface area is 53.5 Å². The van der Waals surface area contributed by atoms with Crippen molar-refractivity contribution >= 4 is 6.03 Å². The molecule has 1 aliphatic rings. The molecule has 1 heterocycles. The van der Waals surface area contributed by atoms with Gasteiger partial charge in [-0.1, -0.05) is 0 Å². The molecular weight excluding hydrogens is 120 g/mol. The molecule has 4 heteroatoms. The number of hydrogen-bond donors (Lipinski definition) is 2. The Morgan fingerprint density at radius 1 is 1.89 bits per heavy atom. The molecular formula is C5H10N2O2. The number of hydrogen-bond acceptors (Lipinski definition) is 2. The molecule has 0 bridgehead atoms. The van der Waals surface area contributed by atoms with Crippen LogP contribution in [0.15, 0.2) is 0 Å². The minimum absolute atomic E-state index is 0.200. The van der Waals surface area contributed by atoms with Crippen LogP contribution < -0.4 is 5.32 Å². The van der Waals surface area contributed by atoms with Crippen LogP contribution in [-0.2, 0) is 0 Å². The number of urea groups is 1. The molecule has 0 aliphatic carbocycles. The average molecular weight is 130 g/mol. The van der Waals surface area contributed by atoms with E-state index in [0.717, 1.165) is 0 Å². The third kappa shape index (κ3) is 1.13. The molecule has 1 aliphatic heterocycles. The zero-order valence-electron chi connectivity index (χ0n) is 5.29. The summed E-state index contributed by atoms with van der Waals surface area (Å²) in [4.78, 5) is 11.9. The first-order chi connectivity index (χ1) is 4.22. The van der Waals surface area contributed by atoms with Gasteiger partial charge in [0.25, 0.3) is 0 Å². The average Bonchev–Trinajstić information content (AvgIpc) is 1.83. The second-order valence-electron chi connectivity index (χ2n) is 2.11. The van der Waals surface area contributed by atoms with Crippen molar-refractivity contribution in [2.24, 2.45) is 0 Å². The standard InChI is InChI=1S/C5H10N2O2/c1-7-4(8)2-3-6-5(7)9/h4,8H,2-3H2,1H3,(H,6,9). The summed E-state index contributed by atoms with van der Waals surface area (Å²) < 4.78 is 0. The number of aliphatic hydroxyl groups is 1. The van der Waals surface area contributed by atoms with Gasteiger partial charge in [-0.3, -0.25) is 0 Å². The van der Waals surface area contributed by atoms with Crippen LogP contribution in [0.3, 0.4) is 0 Å². The minimum Gasteiger partial charge on any atom is -0.373 e. The molecule has 1 unspecified atom stereocenters. The summed E-state index contributed by atoms with van der Waals surface area (Å²) in [6, 6.07) is -0.200. The van der Waals surface area contributed by atoms with E-state index in [-0.39, 0.29) is 6.03 Å². The van der Waals surface area contributed by atoms with Crippen LogP contribution >= 0.6 is 0 Å². The monoisotopic (exact) mass is 130 g/mol. The van der Waals surface area contributed by atoms with E-state index in [4.69, 9.17) is 5.11 Å². The van der Waals surface area contributed by atoms with E-state index in [1.54, 1.807) is 7.05 Å². The summed E-state index contributed by atoms with van der Waals surface area (Å²) >= 11 is 0. The molecule has 1 fully saturated rings. The molecule has 0 saturated carbocycles. The summed E-state index contributed by atoms with van der Waals surface area (Å²) in [5, 5.41) is 11.6. The molecule has 4 nitrogen and oxygen atoms in total. The highest BCUT2D eigenvalue weighted by molar-refractivity contribution is 5.74. The second kappa shape index (κ2) is 2.23. The highest BCUT2D eigenvalue weighted by atomic mass is 16.3. The van der Waals surface area contributed by atoms with Gasteiger partial charge in [-0.25, -0.2) is 4.79 Å². The smallest absolute Gasteiger partial charge is 0.319 e. The van der Waals surface area contributed by atoms with E-state index in [2.05, 4.69) is 5.32 Å². The topological polar surface area (TPSA) is 52.6 Å². The predicted molar refractivity (Wildman–Crippen MR) is 31.8 cm³/mol. The van der Waals surface area contributed by atoms with Gasteiger partial charge in [-0.05, 0) is 0 Å². The number of nitrogens with one attached hydrogen (secondary N) is 1. The molecule has 0 spiro atoms. The molecule has 0 aromatic heterocycles. The van der Waals surface area contributed by atoms with Crippen molar-refractivity contribution in [1.29, 1.82) is 0 Å². The zero-order chi connectivity index (χ0) is 6.85. The van der Waals surface area contributed by atoms with E-state index < -0.39 is 6.23 Å². The number of carbonyl (C=O) groups is 1. The van der Waals surface area contributed by atoms with Gasteiger partial charge in [0, 0.05) is 20.0 Å². The fraction of sp³-hybridized carbons (Fsp3) is 0.800. The fourth-order valence-corrected chi connectivity index (χ4v) is 0.762. The van der Waals surface area contributed by atoms with E-state index in [9.17, 15) is 4.79 Å². The van der Waals surface area contributed by atoms with Gasteiger partial charge in [0.2, 0.25) is 0 Å². The Kier molecular flexibility index (Phi) is 1.57. The third-order valence-electron chi connectivity index (χ3n) is 1.45. The Balaban J connectivity index is 2.51. The molecule has 1 saturated heterocycles. The first-order valence-corrected chi connectivity index (χ1v) is 2.90. The van der Waals surface area contributed by atoms with Crippen LogP contribution in [-0.4, -0.2) is 35.9 Å². The van der Waals surface area contributed by atoms with Gasteiger partial charge < -0.3 is 15.3 Å². The summed E-state index contributed by atoms with van der Waals surface area (Å²) in [5.74, 6) is 0. The van der Waals surface area contributed by atoms with Gasteiger partial charge in [-0.2, -0.15) is 0 Å². The Morgan fingerprint density at radius 2 is 2.56 bits per heavy atom. The lowest BCUT2D eigenvalue weighted by atomic mass is 10.3. The number of nitrogens with zero attached hydrogens (tertiary/aromatic N) is 1. The largest absolute Gasteiger partial charge is 0.373 e. The van der Waals surface area contributed by atoms with Crippen LogP contribution in [0.25, 0.3) is 0 Å². The van der Waals surface area contributed by atoms with Gasteiger partial charge in [0.1, 0.15) is 6.23 Å². The minimum atomic E-state index is -0.598. The molecule has 0 aromatic carbocycles. The number of carbonyl (C=O) groups excluding carboxylic acids is 1. The van der Waals surface area contributed by atoms with Crippen LogP contribution in [0.5, 0.6) is 0 Å². The fourth-order valence-electron chi connectivity index (χ4n) is 0.762. The lowest BCUT2D eigenvalue weighted by molar-refractivity contribution is 0.0271. The van der Waals surface area contributed by atoms with Crippen LogP contribution in [0.2, 0.25) is 0 Å². The second-order valence-corrected chi connectivity index (χ2v) is 2.11. The quantitative estimate of drug-likeness (QED) is 0.458. The molecule has 2 amide bonds. The third-order valence-corrected chi connectivity index (χ3v) is 1.45. The van der Waals surface area contributed by atoms with Gasteiger partial charge in [-0.15, -0.1) is 0 Å². The van der Waals surface area contributed by atoms with E-state index in [1.807, 2.05) is 0 Å². The van der Waals surface area contributed by atoms with E-state index >= 15 is 0 Å². The van der Waals surface area contributed by atoms with Crippen molar-refractivity contribution in [1.82, 2.24) is 10.2 Å². The number of rotatable bonds is 0. The molecule has 9 heavy (non-hydrogen) atoms. The predicted octanol–water partition coefficient (Wildman–Crippen LogP) is -0.650. The van der Waals surface area contributed by atoms with E-state index in [1.165, 1.54) is 4.90 Å². The molecule has 1 rings (SSSR count). The first kappa shape index (κ1) is 6.35. The number of aliphatic hydroxyl groups excluding tert-OH is 1. The first-order valence-electron chi connectivity index (χ1n) is 2.90. The maximum absolute atomic E-state index is 10.7. The van der Waals surface area contributed by atoms with Crippen molar-refractivity contribution < 1.29 is 9.90 Å². The van der Waals surface area contributed by atoms with Crippen LogP contribution in [0.1, 0.15) is 6.42 Å².